The van der Waals surface area contributed by atoms with Gasteiger partial charge in [-0.15, -0.1) is 0 Å². The van der Waals surface area contributed by atoms with Crippen LogP contribution < -0.4 is 5.32 Å². The van der Waals surface area contributed by atoms with Gasteiger partial charge in [0, 0.05) is 31.5 Å². The molecule has 1 saturated heterocycles. The van der Waals surface area contributed by atoms with E-state index in [2.05, 4.69) is 30.5 Å². The Hall–Kier alpha value is -0.870. The Labute approximate surface area is 121 Å². The molecule has 0 bridgehead atoms. The minimum Gasteiger partial charge on any atom is -0.375 e. The van der Waals surface area contributed by atoms with Crippen LogP contribution in [-0.2, 0) is 11.8 Å². The van der Waals surface area contributed by atoms with Gasteiger partial charge < -0.3 is 10.1 Å². The van der Waals surface area contributed by atoms with Crippen molar-refractivity contribution in [3.8, 4) is 0 Å². The van der Waals surface area contributed by atoms with E-state index in [9.17, 15) is 0 Å². The van der Waals surface area contributed by atoms with Crippen LogP contribution >= 0.6 is 0 Å². The van der Waals surface area contributed by atoms with Crippen molar-refractivity contribution in [1.29, 1.82) is 0 Å². The first-order valence-electron chi connectivity index (χ1n) is 8.01. The minimum absolute atomic E-state index is 0.215. The zero-order valence-electron chi connectivity index (χ0n) is 13.0. The molecule has 1 N–H and O–H groups in total. The van der Waals surface area contributed by atoms with E-state index in [1.54, 1.807) is 0 Å². The van der Waals surface area contributed by atoms with Crippen molar-refractivity contribution in [2.45, 2.75) is 57.6 Å². The second kappa shape index (κ2) is 5.49. The molecular formula is C16H27N3O. The summed E-state index contributed by atoms with van der Waals surface area (Å²) >= 11 is 0. The normalized spacial score (nSPS) is 26.4. The first-order valence-corrected chi connectivity index (χ1v) is 8.01. The smallest absolute Gasteiger partial charge is 0.0686 e. The van der Waals surface area contributed by atoms with Crippen LogP contribution in [0.1, 0.15) is 56.3 Å². The maximum atomic E-state index is 6.08. The molecule has 0 radical (unpaired) electrons. The molecule has 1 aliphatic carbocycles. The molecule has 2 aliphatic rings. The third-order valence-electron chi connectivity index (χ3n) is 5.08. The number of ether oxygens (including phenoxy) is 1. The van der Waals surface area contributed by atoms with Gasteiger partial charge in [0.25, 0.3) is 0 Å². The van der Waals surface area contributed by atoms with E-state index in [1.807, 2.05) is 11.7 Å². The fraction of sp³-hybridized carbons (Fsp3) is 0.812. The highest BCUT2D eigenvalue weighted by atomic mass is 16.5. The van der Waals surface area contributed by atoms with E-state index in [-0.39, 0.29) is 5.60 Å². The van der Waals surface area contributed by atoms with Gasteiger partial charge in [0.05, 0.1) is 11.3 Å². The van der Waals surface area contributed by atoms with Crippen LogP contribution in [-0.4, -0.2) is 28.5 Å². The Morgan fingerprint density at radius 1 is 1.55 bits per heavy atom. The summed E-state index contributed by atoms with van der Waals surface area (Å²) in [7, 11) is 2.01. The number of nitrogens with zero attached hydrogens (tertiary/aromatic N) is 2. The van der Waals surface area contributed by atoms with Crippen LogP contribution in [0, 0.1) is 12.8 Å². The molecule has 112 valence electrons. The molecule has 2 atom stereocenters. The van der Waals surface area contributed by atoms with Crippen molar-refractivity contribution >= 4 is 0 Å². The standard InChI is InChI=1S/C16H27N3O/c1-4-17-15(14-11-19(3)18-12(14)2)13-6-9-20-16(10-13)7-5-8-16/h11,13,15,17H,4-10H2,1-3H3. The summed E-state index contributed by atoms with van der Waals surface area (Å²) in [5, 5.41) is 8.22. The third kappa shape index (κ3) is 2.51. The molecule has 4 nitrogen and oxygen atoms in total. The molecule has 4 heteroatoms. The van der Waals surface area contributed by atoms with Gasteiger partial charge in [0.2, 0.25) is 0 Å². The molecule has 0 amide bonds. The highest BCUT2D eigenvalue weighted by molar-refractivity contribution is 5.21. The topological polar surface area (TPSA) is 39.1 Å². The van der Waals surface area contributed by atoms with Crippen LogP contribution in [0.15, 0.2) is 6.20 Å². The van der Waals surface area contributed by atoms with E-state index in [4.69, 9.17) is 4.74 Å². The second-order valence-electron chi connectivity index (χ2n) is 6.52. The molecule has 3 rings (SSSR count). The first kappa shape index (κ1) is 14.1. The van der Waals surface area contributed by atoms with Crippen molar-refractivity contribution in [2.75, 3.05) is 13.2 Å². The van der Waals surface area contributed by atoms with E-state index in [0.717, 1.165) is 25.3 Å². The molecule has 1 aliphatic heterocycles. The van der Waals surface area contributed by atoms with Gasteiger partial charge in [-0.3, -0.25) is 4.68 Å². The summed E-state index contributed by atoms with van der Waals surface area (Å²) in [4.78, 5) is 0. The molecule has 0 aromatic carbocycles. The molecule has 1 saturated carbocycles. The van der Waals surface area contributed by atoms with E-state index >= 15 is 0 Å². The largest absolute Gasteiger partial charge is 0.375 e. The van der Waals surface area contributed by atoms with Crippen LogP contribution in [0.25, 0.3) is 0 Å². The second-order valence-corrected chi connectivity index (χ2v) is 6.52. The molecule has 2 unspecified atom stereocenters. The molecule has 2 heterocycles. The van der Waals surface area contributed by atoms with Crippen LogP contribution in [0.2, 0.25) is 0 Å². The highest BCUT2D eigenvalue weighted by Crippen LogP contribution is 2.47. The van der Waals surface area contributed by atoms with Crippen molar-refractivity contribution in [1.82, 2.24) is 15.1 Å². The monoisotopic (exact) mass is 277 g/mol. The molecule has 1 aromatic rings. The first-order chi connectivity index (χ1) is 9.63. The predicted octanol–water partition coefficient (Wildman–Crippen LogP) is 2.73. The molecule has 1 aromatic heterocycles. The highest BCUT2D eigenvalue weighted by Gasteiger charge is 2.44. The zero-order chi connectivity index (χ0) is 14.2. The summed E-state index contributed by atoms with van der Waals surface area (Å²) in [6.45, 7) is 6.24. The van der Waals surface area contributed by atoms with Gasteiger partial charge >= 0.3 is 0 Å². The lowest BCUT2D eigenvalue weighted by atomic mass is 9.69. The van der Waals surface area contributed by atoms with E-state index in [1.165, 1.54) is 31.2 Å². The van der Waals surface area contributed by atoms with Crippen molar-refractivity contribution in [3.63, 3.8) is 0 Å². The van der Waals surface area contributed by atoms with Crippen LogP contribution in [0.4, 0.5) is 0 Å². The van der Waals surface area contributed by atoms with Gasteiger partial charge in [-0.05, 0) is 51.5 Å². The average molecular weight is 277 g/mol. The quantitative estimate of drug-likeness (QED) is 0.920. The predicted molar refractivity (Wildman–Crippen MR) is 79.6 cm³/mol. The zero-order valence-corrected chi connectivity index (χ0v) is 13.0. The van der Waals surface area contributed by atoms with Crippen molar-refractivity contribution in [3.05, 3.63) is 17.5 Å². The number of aromatic nitrogens is 2. The Morgan fingerprint density at radius 3 is 2.90 bits per heavy atom. The maximum Gasteiger partial charge on any atom is 0.0686 e. The van der Waals surface area contributed by atoms with Crippen molar-refractivity contribution in [2.24, 2.45) is 13.0 Å². The van der Waals surface area contributed by atoms with E-state index < -0.39 is 0 Å². The molecular weight excluding hydrogens is 250 g/mol. The SMILES string of the molecule is CCNC(c1cn(C)nc1C)C1CCOC2(CCC2)C1. The Balaban J connectivity index is 1.81. The number of aryl methyl sites for hydroxylation is 2. The Morgan fingerprint density at radius 2 is 2.35 bits per heavy atom. The molecule has 20 heavy (non-hydrogen) atoms. The van der Waals surface area contributed by atoms with Gasteiger partial charge in [0.15, 0.2) is 0 Å². The fourth-order valence-corrected chi connectivity index (χ4v) is 3.94. The average Bonchev–Trinajstić information content (AvgIpc) is 2.73. The van der Waals surface area contributed by atoms with Gasteiger partial charge in [-0.2, -0.15) is 5.10 Å². The number of nitrogens with one attached hydrogen (secondary N) is 1. The molecule has 1 spiro atoms. The lowest BCUT2D eigenvalue weighted by molar-refractivity contribution is -0.147. The Bertz CT molecular complexity index is 464. The minimum atomic E-state index is 0.215. The lowest BCUT2D eigenvalue weighted by Crippen LogP contribution is -2.48. The summed E-state index contributed by atoms with van der Waals surface area (Å²) in [5.41, 5.74) is 2.75. The van der Waals surface area contributed by atoms with Crippen molar-refractivity contribution < 1.29 is 4.74 Å². The fourth-order valence-electron chi connectivity index (χ4n) is 3.94. The summed E-state index contributed by atoms with van der Waals surface area (Å²) in [5.74, 6) is 0.673. The summed E-state index contributed by atoms with van der Waals surface area (Å²) in [6.07, 6.45) is 8.41. The summed E-state index contributed by atoms with van der Waals surface area (Å²) < 4.78 is 8.02. The van der Waals surface area contributed by atoms with Gasteiger partial charge in [0.1, 0.15) is 0 Å². The molecule has 2 fully saturated rings. The third-order valence-corrected chi connectivity index (χ3v) is 5.08. The van der Waals surface area contributed by atoms with E-state index in [0.29, 0.717) is 12.0 Å². The number of rotatable bonds is 4. The maximum absolute atomic E-state index is 6.08. The number of hydrogen-bond donors (Lipinski definition) is 1. The lowest BCUT2D eigenvalue weighted by Gasteiger charge is -2.48. The summed E-state index contributed by atoms with van der Waals surface area (Å²) in [6, 6.07) is 0.426. The Kier molecular flexibility index (Phi) is 3.87. The van der Waals surface area contributed by atoms with Gasteiger partial charge in [-0.25, -0.2) is 0 Å². The van der Waals surface area contributed by atoms with Crippen LogP contribution in [0.5, 0.6) is 0 Å². The van der Waals surface area contributed by atoms with Gasteiger partial charge in [-0.1, -0.05) is 6.92 Å². The van der Waals surface area contributed by atoms with Crippen LogP contribution in [0.3, 0.4) is 0 Å². The number of hydrogen-bond acceptors (Lipinski definition) is 3.